The van der Waals surface area contributed by atoms with Crippen LogP contribution in [-0.2, 0) is 0 Å². The third-order valence-electron chi connectivity index (χ3n) is 2.76. The Morgan fingerprint density at radius 2 is 2.00 bits per heavy atom. The van der Waals surface area contributed by atoms with Crippen molar-refractivity contribution in [3.63, 3.8) is 0 Å². The summed E-state index contributed by atoms with van der Waals surface area (Å²) in [7, 11) is 0. The van der Waals surface area contributed by atoms with E-state index in [4.69, 9.17) is 0 Å². The second-order valence-electron chi connectivity index (χ2n) is 4.08. The Morgan fingerprint density at radius 1 is 1.17 bits per heavy atom. The minimum atomic E-state index is -0.364. The third-order valence-corrected chi connectivity index (χ3v) is 3.72. The molecule has 0 aliphatic carbocycles. The molecule has 1 heterocycles. The van der Waals surface area contributed by atoms with Crippen molar-refractivity contribution in [2.45, 2.75) is 6.92 Å². The van der Waals surface area contributed by atoms with Gasteiger partial charge >= 0.3 is 0 Å². The number of hydrogen-bond donors (Lipinski definition) is 1. The van der Waals surface area contributed by atoms with E-state index in [0.717, 1.165) is 20.8 Å². The molecule has 90 valence electrons. The smallest absolute Gasteiger partial charge is 0.124 e. The van der Waals surface area contributed by atoms with E-state index < -0.39 is 0 Å². The van der Waals surface area contributed by atoms with E-state index in [1.165, 1.54) is 18.2 Å². The Labute approximate surface area is 107 Å². The number of aryl methyl sites for hydroxylation is 1. The van der Waals surface area contributed by atoms with E-state index in [0.29, 0.717) is 5.56 Å². The molecular weight excluding hydrogens is 249 g/mol. The van der Waals surface area contributed by atoms with Crippen LogP contribution >= 0.6 is 11.3 Å². The van der Waals surface area contributed by atoms with Gasteiger partial charge in [0.05, 0.1) is 15.2 Å². The molecular formula is C14H10FNOS. The molecule has 0 fully saturated rings. The van der Waals surface area contributed by atoms with Crippen LogP contribution in [-0.4, -0.2) is 10.1 Å². The number of hydrogen-bond acceptors (Lipinski definition) is 3. The molecule has 0 aliphatic heterocycles. The quantitative estimate of drug-likeness (QED) is 0.713. The van der Waals surface area contributed by atoms with Gasteiger partial charge in [0.15, 0.2) is 0 Å². The summed E-state index contributed by atoms with van der Waals surface area (Å²) in [6.07, 6.45) is 0. The molecule has 0 bridgehead atoms. The van der Waals surface area contributed by atoms with Gasteiger partial charge in [-0.25, -0.2) is 9.37 Å². The summed E-state index contributed by atoms with van der Waals surface area (Å²) in [5, 5.41) is 10.8. The predicted octanol–water partition coefficient (Wildman–Crippen LogP) is 4.12. The third kappa shape index (κ3) is 1.84. The predicted molar refractivity (Wildman–Crippen MR) is 71.4 cm³/mol. The minimum absolute atomic E-state index is 0.0719. The summed E-state index contributed by atoms with van der Waals surface area (Å²) in [5.74, 6) is -0.292. The highest BCUT2D eigenvalue weighted by Crippen LogP contribution is 2.32. The number of aromatic hydroxyl groups is 1. The molecule has 3 rings (SSSR count). The van der Waals surface area contributed by atoms with E-state index in [-0.39, 0.29) is 11.6 Å². The standard InChI is InChI=1S/C14H10FNOS/c1-8-16-12-6-9(2-5-14(12)18-8)11-7-10(15)3-4-13(11)17/h2-7,17H,1H3. The van der Waals surface area contributed by atoms with Crippen molar-refractivity contribution < 1.29 is 9.50 Å². The van der Waals surface area contributed by atoms with Crippen molar-refractivity contribution >= 4 is 21.6 Å². The van der Waals surface area contributed by atoms with Gasteiger partial charge in [0, 0.05) is 5.56 Å². The van der Waals surface area contributed by atoms with Crippen LogP contribution in [0.1, 0.15) is 5.01 Å². The fraction of sp³-hybridized carbons (Fsp3) is 0.0714. The molecule has 0 unspecified atom stereocenters. The molecule has 3 aromatic rings. The zero-order valence-electron chi connectivity index (χ0n) is 9.64. The molecule has 0 radical (unpaired) electrons. The highest BCUT2D eigenvalue weighted by molar-refractivity contribution is 7.18. The Morgan fingerprint density at radius 3 is 2.83 bits per heavy atom. The normalized spacial score (nSPS) is 11.0. The maximum absolute atomic E-state index is 13.2. The number of nitrogens with zero attached hydrogens (tertiary/aromatic N) is 1. The Kier molecular flexibility index (Phi) is 2.52. The zero-order valence-corrected chi connectivity index (χ0v) is 10.5. The van der Waals surface area contributed by atoms with Crippen molar-refractivity contribution in [3.8, 4) is 16.9 Å². The summed E-state index contributed by atoms with van der Waals surface area (Å²) in [4.78, 5) is 4.39. The monoisotopic (exact) mass is 259 g/mol. The first-order chi connectivity index (χ1) is 8.63. The van der Waals surface area contributed by atoms with Crippen LogP contribution in [0.2, 0.25) is 0 Å². The lowest BCUT2D eigenvalue weighted by Crippen LogP contribution is -1.82. The first kappa shape index (κ1) is 11.2. The summed E-state index contributed by atoms with van der Waals surface area (Å²) >= 11 is 1.62. The average Bonchev–Trinajstić information content (AvgIpc) is 2.71. The van der Waals surface area contributed by atoms with E-state index >= 15 is 0 Å². The molecule has 0 spiro atoms. The van der Waals surface area contributed by atoms with E-state index in [9.17, 15) is 9.50 Å². The van der Waals surface area contributed by atoms with Crippen LogP contribution in [0.4, 0.5) is 4.39 Å². The number of aromatic nitrogens is 1. The number of benzene rings is 2. The SMILES string of the molecule is Cc1nc2cc(-c3cc(F)ccc3O)ccc2s1. The Hall–Kier alpha value is -1.94. The molecule has 0 aliphatic rings. The average molecular weight is 259 g/mol. The molecule has 1 aromatic heterocycles. The van der Waals surface area contributed by atoms with Gasteiger partial charge in [-0.2, -0.15) is 0 Å². The van der Waals surface area contributed by atoms with Gasteiger partial charge in [-0.3, -0.25) is 0 Å². The number of thiazole rings is 1. The van der Waals surface area contributed by atoms with Crippen LogP contribution in [0.15, 0.2) is 36.4 Å². The van der Waals surface area contributed by atoms with Gasteiger partial charge < -0.3 is 5.11 Å². The van der Waals surface area contributed by atoms with Crippen molar-refractivity contribution in [1.82, 2.24) is 4.98 Å². The van der Waals surface area contributed by atoms with Crippen LogP contribution in [0.3, 0.4) is 0 Å². The van der Waals surface area contributed by atoms with Crippen molar-refractivity contribution in [3.05, 3.63) is 47.2 Å². The van der Waals surface area contributed by atoms with Gasteiger partial charge in [0.2, 0.25) is 0 Å². The molecule has 1 N–H and O–H groups in total. The lowest BCUT2D eigenvalue weighted by atomic mass is 10.0. The van der Waals surface area contributed by atoms with Crippen LogP contribution in [0, 0.1) is 12.7 Å². The molecule has 18 heavy (non-hydrogen) atoms. The number of phenolic OH excluding ortho intramolecular Hbond substituents is 1. The fourth-order valence-electron chi connectivity index (χ4n) is 1.95. The summed E-state index contributed by atoms with van der Waals surface area (Å²) in [6.45, 7) is 1.95. The van der Waals surface area contributed by atoms with E-state index in [2.05, 4.69) is 4.98 Å². The highest BCUT2D eigenvalue weighted by Gasteiger charge is 2.08. The van der Waals surface area contributed by atoms with Crippen molar-refractivity contribution in [1.29, 1.82) is 0 Å². The highest BCUT2D eigenvalue weighted by atomic mass is 32.1. The van der Waals surface area contributed by atoms with Gasteiger partial charge in [-0.1, -0.05) is 6.07 Å². The van der Waals surface area contributed by atoms with Gasteiger partial charge in [-0.05, 0) is 42.8 Å². The van der Waals surface area contributed by atoms with Gasteiger partial charge in [0.25, 0.3) is 0 Å². The van der Waals surface area contributed by atoms with Crippen molar-refractivity contribution in [2.75, 3.05) is 0 Å². The van der Waals surface area contributed by atoms with E-state index in [1.54, 1.807) is 11.3 Å². The van der Waals surface area contributed by atoms with Crippen LogP contribution < -0.4 is 0 Å². The molecule has 0 atom stereocenters. The van der Waals surface area contributed by atoms with Crippen LogP contribution in [0.5, 0.6) is 5.75 Å². The molecule has 4 heteroatoms. The number of halogens is 1. The van der Waals surface area contributed by atoms with Gasteiger partial charge in [-0.15, -0.1) is 11.3 Å². The molecule has 2 aromatic carbocycles. The summed E-state index contributed by atoms with van der Waals surface area (Å²) < 4.78 is 14.3. The number of phenols is 1. The molecule has 0 saturated carbocycles. The summed E-state index contributed by atoms with van der Waals surface area (Å²) in [6, 6.07) is 9.61. The maximum atomic E-state index is 13.2. The lowest BCUT2D eigenvalue weighted by molar-refractivity contribution is 0.475. The largest absolute Gasteiger partial charge is 0.507 e. The number of fused-ring (bicyclic) bond motifs is 1. The van der Waals surface area contributed by atoms with Gasteiger partial charge in [0.1, 0.15) is 11.6 Å². The summed E-state index contributed by atoms with van der Waals surface area (Å²) in [5.41, 5.74) is 2.13. The van der Waals surface area contributed by atoms with E-state index in [1.807, 2.05) is 25.1 Å². The molecule has 2 nitrogen and oxygen atoms in total. The fourth-order valence-corrected chi connectivity index (χ4v) is 2.76. The first-order valence-electron chi connectivity index (χ1n) is 5.49. The lowest BCUT2D eigenvalue weighted by Gasteiger charge is -2.04. The topological polar surface area (TPSA) is 33.1 Å². The Balaban J connectivity index is 2.21. The van der Waals surface area contributed by atoms with Crippen molar-refractivity contribution in [2.24, 2.45) is 0 Å². The second kappa shape index (κ2) is 4.07. The molecule has 0 amide bonds. The zero-order chi connectivity index (χ0) is 12.7. The van der Waals surface area contributed by atoms with Crippen LogP contribution in [0.25, 0.3) is 21.3 Å². The maximum Gasteiger partial charge on any atom is 0.124 e. The minimum Gasteiger partial charge on any atom is -0.507 e. The number of rotatable bonds is 1. The molecule has 0 saturated heterocycles. The first-order valence-corrected chi connectivity index (χ1v) is 6.31. The Bertz CT molecular complexity index is 736. The second-order valence-corrected chi connectivity index (χ2v) is 5.31.